The minimum absolute atomic E-state index is 0. The normalized spacial score (nSPS) is 20.4. The van der Waals surface area contributed by atoms with Crippen LogP contribution in [0.2, 0.25) is 0 Å². The number of halogens is 1. The second-order valence-corrected chi connectivity index (χ2v) is 4.51. The smallest absolute Gasteiger partial charge is 0.0162 e. The van der Waals surface area contributed by atoms with Gasteiger partial charge in [-0.1, -0.05) is 18.2 Å². The van der Waals surface area contributed by atoms with Gasteiger partial charge in [0.05, 0.1) is 0 Å². The van der Waals surface area contributed by atoms with E-state index in [9.17, 15) is 0 Å². The van der Waals surface area contributed by atoms with Gasteiger partial charge in [-0.15, -0.1) is 24.2 Å². The Hall–Kier alpha value is -0.180. The van der Waals surface area contributed by atoms with Gasteiger partial charge in [0.25, 0.3) is 0 Å². The highest BCUT2D eigenvalue weighted by atomic mass is 35.5. The molecule has 1 nitrogen and oxygen atoms in total. The van der Waals surface area contributed by atoms with Gasteiger partial charge in [0, 0.05) is 16.7 Å². The molecular formula is C11H16ClNS. The Morgan fingerprint density at radius 1 is 1.29 bits per heavy atom. The van der Waals surface area contributed by atoms with Gasteiger partial charge in [0.15, 0.2) is 0 Å². The highest BCUT2D eigenvalue weighted by Crippen LogP contribution is 2.20. The van der Waals surface area contributed by atoms with Gasteiger partial charge in [0.1, 0.15) is 0 Å². The molecule has 1 aliphatic heterocycles. The maximum Gasteiger partial charge on any atom is 0.0162 e. The third kappa shape index (κ3) is 3.52. The third-order valence-electron chi connectivity index (χ3n) is 2.36. The van der Waals surface area contributed by atoms with E-state index < -0.39 is 0 Å². The fourth-order valence-electron chi connectivity index (χ4n) is 1.61. The van der Waals surface area contributed by atoms with Gasteiger partial charge in [-0.25, -0.2) is 0 Å². The van der Waals surface area contributed by atoms with Crippen LogP contribution in [0.15, 0.2) is 35.2 Å². The first kappa shape index (κ1) is 11.9. The van der Waals surface area contributed by atoms with Crippen LogP contribution in [0.1, 0.15) is 12.8 Å². The Labute approximate surface area is 96.1 Å². The Morgan fingerprint density at radius 2 is 2.07 bits per heavy atom. The van der Waals surface area contributed by atoms with Crippen molar-refractivity contribution in [3.63, 3.8) is 0 Å². The summed E-state index contributed by atoms with van der Waals surface area (Å²) in [5, 5.41) is 3.51. The fourth-order valence-corrected chi connectivity index (χ4v) is 2.64. The van der Waals surface area contributed by atoms with Crippen molar-refractivity contribution in [3.05, 3.63) is 30.3 Å². The number of nitrogens with one attached hydrogen (secondary N) is 1. The van der Waals surface area contributed by atoms with Gasteiger partial charge in [-0.05, 0) is 31.5 Å². The molecule has 1 fully saturated rings. The second-order valence-electron chi connectivity index (χ2n) is 3.42. The summed E-state index contributed by atoms with van der Waals surface area (Å²) >= 11 is 1.96. The summed E-state index contributed by atoms with van der Waals surface area (Å²) in [4.78, 5) is 1.39. The zero-order valence-corrected chi connectivity index (χ0v) is 9.74. The predicted octanol–water partition coefficient (Wildman–Crippen LogP) is 2.95. The largest absolute Gasteiger partial charge is 0.313 e. The van der Waals surface area contributed by atoms with Gasteiger partial charge in [0.2, 0.25) is 0 Å². The zero-order valence-electron chi connectivity index (χ0n) is 8.11. The maximum atomic E-state index is 3.51. The summed E-state index contributed by atoms with van der Waals surface area (Å²) in [6.45, 7) is 1.21. The van der Waals surface area contributed by atoms with Gasteiger partial charge in [-0.2, -0.15) is 0 Å². The van der Waals surface area contributed by atoms with E-state index in [-0.39, 0.29) is 12.4 Å². The maximum absolute atomic E-state index is 3.51. The molecule has 1 saturated heterocycles. The van der Waals surface area contributed by atoms with E-state index in [1.807, 2.05) is 11.8 Å². The van der Waals surface area contributed by atoms with Crippen LogP contribution in [-0.4, -0.2) is 18.3 Å². The lowest BCUT2D eigenvalue weighted by molar-refractivity contribution is 0.674. The summed E-state index contributed by atoms with van der Waals surface area (Å²) in [5.41, 5.74) is 0. The van der Waals surface area contributed by atoms with Crippen molar-refractivity contribution in [2.24, 2.45) is 0 Å². The Morgan fingerprint density at radius 3 is 2.71 bits per heavy atom. The number of benzene rings is 1. The molecule has 0 aromatic heterocycles. The molecule has 3 heteroatoms. The molecule has 1 aliphatic rings. The highest BCUT2D eigenvalue weighted by Gasteiger charge is 2.13. The SMILES string of the molecule is Cl.c1ccc(SCC2CCCN2)cc1. The van der Waals surface area contributed by atoms with Crippen molar-refractivity contribution in [2.75, 3.05) is 12.3 Å². The van der Waals surface area contributed by atoms with E-state index in [2.05, 4.69) is 35.6 Å². The number of thioether (sulfide) groups is 1. The first-order valence-corrected chi connectivity index (χ1v) is 5.85. The fraction of sp³-hybridized carbons (Fsp3) is 0.455. The van der Waals surface area contributed by atoms with Crippen molar-refractivity contribution < 1.29 is 0 Å². The number of rotatable bonds is 3. The Bertz CT molecular complexity index is 247. The molecule has 1 aromatic carbocycles. The standard InChI is InChI=1S/C11H15NS.ClH/c1-2-6-11(7-3-1)13-9-10-5-4-8-12-10;/h1-3,6-7,10,12H,4-5,8-9H2;1H. The van der Waals surface area contributed by atoms with Crippen LogP contribution in [0.25, 0.3) is 0 Å². The van der Waals surface area contributed by atoms with Gasteiger partial charge < -0.3 is 5.32 Å². The quantitative estimate of drug-likeness (QED) is 0.800. The molecule has 78 valence electrons. The third-order valence-corrected chi connectivity index (χ3v) is 3.53. The van der Waals surface area contributed by atoms with Crippen LogP contribution in [0, 0.1) is 0 Å². The number of hydrogen-bond acceptors (Lipinski definition) is 2. The molecule has 0 spiro atoms. The van der Waals surface area contributed by atoms with Crippen LogP contribution in [0.5, 0.6) is 0 Å². The predicted molar refractivity (Wildman–Crippen MR) is 65.4 cm³/mol. The van der Waals surface area contributed by atoms with Crippen molar-refractivity contribution in [1.82, 2.24) is 5.32 Å². The summed E-state index contributed by atoms with van der Waals surface area (Å²) in [6.07, 6.45) is 2.69. The van der Waals surface area contributed by atoms with Crippen LogP contribution >= 0.6 is 24.2 Å². The monoisotopic (exact) mass is 229 g/mol. The second kappa shape index (κ2) is 6.33. The van der Waals surface area contributed by atoms with Gasteiger partial charge >= 0.3 is 0 Å². The molecule has 2 rings (SSSR count). The lowest BCUT2D eigenvalue weighted by Crippen LogP contribution is -2.23. The van der Waals surface area contributed by atoms with Crippen molar-refractivity contribution >= 4 is 24.2 Å². The van der Waals surface area contributed by atoms with Crippen molar-refractivity contribution in [2.45, 2.75) is 23.8 Å². The van der Waals surface area contributed by atoms with Gasteiger partial charge in [-0.3, -0.25) is 0 Å². The van der Waals surface area contributed by atoms with E-state index in [0.717, 1.165) is 6.04 Å². The number of hydrogen-bond donors (Lipinski definition) is 1. The lowest BCUT2D eigenvalue weighted by Gasteiger charge is -2.08. The van der Waals surface area contributed by atoms with E-state index in [1.54, 1.807) is 0 Å². The summed E-state index contributed by atoms with van der Waals surface area (Å²) < 4.78 is 0. The van der Waals surface area contributed by atoms with Crippen LogP contribution in [-0.2, 0) is 0 Å². The van der Waals surface area contributed by atoms with Crippen LogP contribution in [0.3, 0.4) is 0 Å². The molecule has 1 atom stereocenters. The van der Waals surface area contributed by atoms with E-state index in [0.29, 0.717) is 0 Å². The first-order chi connectivity index (χ1) is 6.45. The average Bonchev–Trinajstić information content (AvgIpc) is 2.69. The van der Waals surface area contributed by atoms with Crippen LogP contribution < -0.4 is 5.32 Å². The molecule has 1 unspecified atom stereocenters. The highest BCUT2D eigenvalue weighted by molar-refractivity contribution is 7.99. The summed E-state index contributed by atoms with van der Waals surface area (Å²) in [5.74, 6) is 1.21. The Balaban J connectivity index is 0.000000980. The molecule has 1 aromatic rings. The molecule has 0 aliphatic carbocycles. The lowest BCUT2D eigenvalue weighted by atomic mass is 10.3. The minimum Gasteiger partial charge on any atom is -0.313 e. The van der Waals surface area contributed by atoms with E-state index in [1.165, 1.54) is 30.0 Å². The minimum atomic E-state index is 0. The van der Waals surface area contributed by atoms with E-state index in [4.69, 9.17) is 0 Å². The topological polar surface area (TPSA) is 12.0 Å². The Kier molecular flexibility index (Phi) is 5.38. The molecule has 0 radical (unpaired) electrons. The molecular weight excluding hydrogens is 214 g/mol. The van der Waals surface area contributed by atoms with E-state index >= 15 is 0 Å². The molecule has 1 N–H and O–H groups in total. The molecule has 0 saturated carbocycles. The first-order valence-electron chi connectivity index (χ1n) is 4.86. The average molecular weight is 230 g/mol. The van der Waals surface area contributed by atoms with Crippen molar-refractivity contribution in [1.29, 1.82) is 0 Å². The molecule has 1 heterocycles. The zero-order chi connectivity index (χ0) is 8.93. The molecule has 14 heavy (non-hydrogen) atoms. The summed E-state index contributed by atoms with van der Waals surface area (Å²) in [7, 11) is 0. The molecule has 0 amide bonds. The molecule has 0 bridgehead atoms. The van der Waals surface area contributed by atoms with Crippen LogP contribution in [0.4, 0.5) is 0 Å². The van der Waals surface area contributed by atoms with Crippen molar-refractivity contribution in [3.8, 4) is 0 Å². The summed E-state index contributed by atoms with van der Waals surface area (Å²) in [6, 6.07) is 11.4.